The van der Waals surface area contributed by atoms with Crippen LogP contribution in [0, 0.1) is 17.6 Å². The molecule has 13 heteroatoms. The van der Waals surface area contributed by atoms with Crippen LogP contribution in [0.2, 0.25) is 0 Å². The van der Waals surface area contributed by atoms with Crippen LogP contribution in [-0.4, -0.2) is 42.7 Å². The summed E-state index contributed by atoms with van der Waals surface area (Å²) in [6.07, 6.45) is -7.07. The molecule has 1 fully saturated rings. The second kappa shape index (κ2) is 9.29. The molecule has 0 aliphatic carbocycles. The van der Waals surface area contributed by atoms with Crippen molar-refractivity contribution in [1.82, 2.24) is 10.9 Å². The summed E-state index contributed by atoms with van der Waals surface area (Å²) in [7, 11) is 1.02. The number of hydrogen-bond acceptors (Lipinski definition) is 5. The Hall–Kier alpha value is -3.74. The third-order valence-electron chi connectivity index (χ3n) is 6.90. The van der Waals surface area contributed by atoms with Crippen molar-refractivity contribution in [2.45, 2.75) is 44.1 Å². The van der Waals surface area contributed by atoms with E-state index >= 15 is 0 Å². The van der Waals surface area contributed by atoms with Gasteiger partial charge in [0.2, 0.25) is 11.7 Å². The highest BCUT2D eigenvalue weighted by Crippen LogP contribution is 2.55. The van der Waals surface area contributed by atoms with Gasteiger partial charge in [-0.3, -0.25) is 25.2 Å². The second-order valence-corrected chi connectivity index (χ2v) is 8.94. The van der Waals surface area contributed by atoms with E-state index in [1.54, 1.807) is 0 Å². The first kappa shape index (κ1) is 26.3. The fourth-order valence-corrected chi connectivity index (χ4v) is 4.75. The number of fused-ring (bicyclic) bond motifs is 1. The molecule has 0 radical (unpaired) electrons. The predicted molar refractivity (Wildman–Crippen MR) is 119 cm³/mol. The normalized spacial score (nSPS) is 25.6. The summed E-state index contributed by atoms with van der Waals surface area (Å²) in [4.78, 5) is 37.7. The van der Waals surface area contributed by atoms with Gasteiger partial charge < -0.3 is 14.8 Å². The van der Waals surface area contributed by atoms with Gasteiger partial charge in [-0.2, -0.15) is 17.6 Å². The topological polar surface area (TPSA) is 106 Å². The van der Waals surface area contributed by atoms with Crippen LogP contribution in [0.5, 0.6) is 5.75 Å². The Balaban J connectivity index is 1.79. The summed E-state index contributed by atoms with van der Waals surface area (Å²) in [6.45, 7) is 1.96. The predicted octanol–water partition coefficient (Wildman–Crippen LogP) is 3.37. The molecule has 3 amide bonds. The largest absolute Gasteiger partial charge is 0.493 e. The number of nitrogens with one attached hydrogen (secondary N) is 3. The third kappa shape index (κ3) is 4.37. The van der Waals surface area contributed by atoms with E-state index in [1.165, 1.54) is 25.1 Å². The van der Waals surface area contributed by atoms with Crippen molar-refractivity contribution in [3.8, 4) is 5.75 Å². The molecule has 0 bridgehead atoms. The number of rotatable bonds is 4. The van der Waals surface area contributed by atoms with Crippen molar-refractivity contribution in [3.63, 3.8) is 0 Å². The minimum absolute atomic E-state index is 0.00238. The lowest BCUT2D eigenvalue weighted by Crippen LogP contribution is -2.47. The monoisotopic (exact) mass is 527 g/mol. The Kier molecular flexibility index (Phi) is 6.61. The van der Waals surface area contributed by atoms with Crippen LogP contribution in [0.15, 0.2) is 30.3 Å². The number of methoxy groups -OCH3 is 1. The van der Waals surface area contributed by atoms with Crippen LogP contribution in [-0.2, 0) is 20.7 Å². The molecule has 2 aromatic rings. The molecule has 2 heterocycles. The van der Waals surface area contributed by atoms with E-state index in [9.17, 15) is 36.3 Å². The summed E-state index contributed by atoms with van der Waals surface area (Å²) in [5.74, 6) is -8.49. The highest BCUT2D eigenvalue weighted by Gasteiger charge is 2.66. The van der Waals surface area contributed by atoms with Crippen LogP contribution < -0.4 is 20.9 Å². The zero-order chi connectivity index (χ0) is 27.3. The number of halogens is 5. The number of hydrogen-bond donors (Lipinski definition) is 3. The summed E-state index contributed by atoms with van der Waals surface area (Å²) in [6, 6.07) is 5.97. The molecule has 8 nitrogen and oxygen atoms in total. The minimum Gasteiger partial charge on any atom is -0.493 e. The smallest absolute Gasteiger partial charge is 0.417 e. The maximum atomic E-state index is 14.5. The second-order valence-electron chi connectivity index (χ2n) is 8.94. The van der Waals surface area contributed by atoms with Crippen molar-refractivity contribution in [2.24, 2.45) is 5.92 Å². The van der Waals surface area contributed by atoms with Crippen LogP contribution >= 0.6 is 0 Å². The van der Waals surface area contributed by atoms with Crippen LogP contribution in [0.1, 0.15) is 41.3 Å². The number of carbonyl (C=O) groups is 3. The number of hydrazine groups is 1. The molecular weight excluding hydrogens is 505 g/mol. The van der Waals surface area contributed by atoms with Crippen molar-refractivity contribution >= 4 is 23.4 Å². The lowest BCUT2D eigenvalue weighted by atomic mass is 9.77. The molecule has 4 atom stereocenters. The molecule has 37 heavy (non-hydrogen) atoms. The molecule has 0 aromatic heterocycles. The highest BCUT2D eigenvalue weighted by molar-refractivity contribution is 6.04. The van der Waals surface area contributed by atoms with E-state index in [0.717, 1.165) is 26.2 Å². The number of anilines is 1. The van der Waals surface area contributed by atoms with Crippen molar-refractivity contribution in [3.05, 3.63) is 58.7 Å². The molecule has 0 saturated carbocycles. The van der Waals surface area contributed by atoms with Crippen LogP contribution in [0.25, 0.3) is 0 Å². The molecular formula is C24H22F5N3O5. The fraction of sp³-hybridized carbons (Fsp3) is 0.375. The average Bonchev–Trinajstić information content (AvgIpc) is 3.02. The molecule has 2 aliphatic heterocycles. The number of ether oxygens (including phenoxy) is 2. The van der Waals surface area contributed by atoms with Gasteiger partial charge in [-0.05, 0) is 30.7 Å². The van der Waals surface area contributed by atoms with E-state index in [4.69, 9.17) is 9.47 Å². The molecule has 2 aliphatic rings. The van der Waals surface area contributed by atoms with Gasteiger partial charge in [-0.25, -0.2) is 4.39 Å². The van der Waals surface area contributed by atoms with Gasteiger partial charge in [0.25, 0.3) is 11.8 Å². The molecule has 2 aromatic carbocycles. The standard InChI is InChI=1S/C24H22F5N3O5/c1-10-17(12-7-8-14(25)18(26)19(12)36-3)20(37-23(10,2)24(27,28)29)22(35)30-15-6-4-5-11-13(15)9-16(33)31-32-21(11)34/h4-8,10,17,20H,9H2,1-3H3,(H,30,35)(H,31,33)(H,32,34)/t10-,17-,20+,23+/m0/s1. The Labute approximate surface area is 207 Å². The van der Waals surface area contributed by atoms with Crippen molar-refractivity contribution in [2.75, 3.05) is 12.4 Å². The maximum Gasteiger partial charge on any atom is 0.417 e. The Morgan fingerprint density at radius 3 is 2.51 bits per heavy atom. The van der Waals surface area contributed by atoms with E-state index in [-0.39, 0.29) is 28.8 Å². The molecule has 4 rings (SSSR count). The fourth-order valence-electron chi connectivity index (χ4n) is 4.75. The summed E-state index contributed by atoms with van der Waals surface area (Å²) in [5, 5.41) is 2.45. The zero-order valence-corrected chi connectivity index (χ0v) is 19.8. The van der Waals surface area contributed by atoms with E-state index in [0.29, 0.717) is 0 Å². The third-order valence-corrected chi connectivity index (χ3v) is 6.90. The Bertz CT molecular complexity index is 1280. The van der Waals surface area contributed by atoms with Gasteiger partial charge in [-0.1, -0.05) is 19.1 Å². The maximum absolute atomic E-state index is 14.5. The van der Waals surface area contributed by atoms with E-state index in [1.807, 2.05) is 0 Å². The quantitative estimate of drug-likeness (QED) is 0.529. The van der Waals surface area contributed by atoms with Crippen molar-refractivity contribution in [1.29, 1.82) is 0 Å². The SMILES string of the molecule is COc1c([C@H]2[C@H](C(=O)Nc3cccc4c3CC(=O)NNC4=O)O[C@@](C)(C(F)(F)F)[C@H]2C)ccc(F)c1F. The molecule has 3 N–H and O–H groups in total. The molecule has 0 spiro atoms. The Morgan fingerprint density at radius 1 is 1.16 bits per heavy atom. The first-order valence-corrected chi connectivity index (χ1v) is 11.1. The summed E-state index contributed by atoms with van der Waals surface area (Å²) < 4.78 is 81.0. The number of amides is 3. The van der Waals surface area contributed by atoms with Crippen LogP contribution in [0.3, 0.4) is 0 Å². The zero-order valence-electron chi connectivity index (χ0n) is 19.8. The van der Waals surface area contributed by atoms with E-state index in [2.05, 4.69) is 16.2 Å². The highest BCUT2D eigenvalue weighted by atomic mass is 19.4. The van der Waals surface area contributed by atoms with Gasteiger partial charge in [-0.15, -0.1) is 0 Å². The first-order chi connectivity index (χ1) is 17.3. The van der Waals surface area contributed by atoms with Gasteiger partial charge in [0.15, 0.2) is 17.2 Å². The molecule has 0 unspecified atom stereocenters. The van der Waals surface area contributed by atoms with Crippen LogP contribution in [0.4, 0.5) is 27.6 Å². The number of alkyl halides is 3. The van der Waals surface area contributed by atoms with Gasteiger partial charge >= 0.3 is 6.18 Å². The summed E-state index contributed by atoms with van der Waals surface area (Å²) >= 11 is 0. The lowest BCUT2D eigenvalue weighted by Gasteiger charge is -2.32. The van der Waals surface area contributed by atoms with Gasteiger partial charge in [0.1, 0.15) is 6.10 Å². The molecule has 198 valence electrons. The first-order valence-electron chi connectivity index (χ1n) is 11.1. The average molecular weight is 527 g/mol. The van der Waals surface area contributed by atoms with E-state index < -0.39 is 64.8 Å². The number of carbonyl (C=O) groups excluding carboxylic acids is 3. The lowest BCUT2D eigenvalue weighted by molar-refractivity contribution is -0.272. The Morgan fingerprint density at radius 2 is 1.86 bits per heavy atom. The van der Waals surface area contributed by atoms with Crippen molar-refractivity contribution < 1.29 is 45.8 Å². The minimum atomic E-state index is -4.93. The molecule has 1 saturated heterocycles. The number of benzene rings is 2. The van der Waals surface area contributed by atoms with Gasteiger partial charge in [0.05, 0.1) is 13.5 Å². The summed E-state index contributed by atoms with van der Waals surface area (Å²) in [5.41, 5.74) is 1.55. The van der Waals surface area contributed by atoms with Gasteiger partial charge in [0, 0.05) is 28.7 Å².